The van der Waals surface area contributed by atoms with Crippen molar-refractivity contribution in [1.82, 2.24) is 5.32 Å². The Morgan fingerprint density at radius 3 is 2.47 bits per heavy atom. The van der Waals surface area contributed by atoms with Crippen LogP contribution in [0.4, 0.5) is 13.2 Å². The number of hydrogen-bond donors (Lipinski definition) is 2. The molecule has 0 aromatic carbocycles. The van der Waals surface area contributed by atoms with E-state index in [1.54, 1.807) is 5.32 Å². The van der Waals surface area contributed by atoms with Gasteiger partial charge < -0.3 is 15.8 Å². The minimum atomic E-state index is -4.40. The van der Waals surface area contributed by atoms with Gasteiger partial charge in [0.05, 0.1) is 5.60 Å². The van der Waals surface area contributed by atoms with Crippen molar-refractivity contribution in [3.8, 4) is 0 Å². The summed E-state index contributed by atoms with van der Waals surface area (Å²) in [6, 6.07) is 0. The molecule has 19 heavy (non-hydrogen) atoms. The molecule has 1 aliphatic rings. The summed E-state index contributed by atoms with van der Waals surface area (Å²) in [5.74, 6) is -0.161. The van der Waals surface area contributed by atoms with Crippen molar-refractivity contribution < 1.29 is 22.7 Å². The zero-order chi connectivity index (χ0) is 14.5. The molecule has 0 unspecified atom stereocenters. The lowest BCUT2D eigenvalue weighted by molar-refractivity contribution is -0.147. The highest BCUT2D eigenvalue weighted by Gasteiger charge is 2.35. The van der Waals surface area contributed by atoms with Crippen molar-refractivity contribution in [3.05, 3.63) is 0 Å². The smallest absolute Gasteiger partial charge is 0.364 e. The molecule has 7 heteroatoms. The molecule has 1 rings (SSSR count). The summed E-state index contributed by atoms with van der Waals surface area (Å²) in [7, 11) is 0. The number of nitrogens with one attached hydrogen (secondary N) is 1. The number of rotatable bonds is 5. The Morgan fingerprint density at radius 1 is 1.42 bits per heavy atom. The van der Waals surface area contributed by atoms with E-state index < -0.39 is 24.2 Å². The second kappa shape index (κ2) is 6.56. The van der Waals surface area contributed by atoms with Crippen LogP contribution in [0.2, 0.25) is 0 Å². The van der Waals surface area contributed by atoms with Crippen LogP contribution in [0.25, 0.3) is 0 Å². The maximum absolute atomic E-state index is 11.9. The Morgan fingerprint density at radius 2 is 2.00 bits per heavy atom. The molecule has 0 aliphatic heterocycles. The number of nitrogens with two attached hydrogens (primary N) is 1. The Bertz CT molecular complexity index is 300. The maximum atomic E-state index is 11.9. The summed E-state index contributed by atoms with van der Waals surface area (Å²) >= 11 is 0. The second-order valence-electron chi connectivity index (χ2n) is 5.25. The standard InChI is InChI=1S/C12H21F3N2O2/c1-9-2-4-11(7-16,5-3-9)19-6-10(18)17-8-12(13,14)15/h9H,2-8,16H2,1H3,(H,17,18). The van der Waals surface area contributed by atoms with Gasteiger partial charge in [0.1, 0.15) is 13.2 Å². The van der Waals surface area contributed by atoms with E-state index in [4.69, 9.17) is 10.5 Å². The summed E-state index contributed by atoms with van der Waals surface area (Å²) in [5.41, 5.74) is 5.12. The van der Waals surface area contributed by atoms with E-state index in [0.29, 0.717) is 5.92 Å². The van der Waals surface area contributed by atoms with E-state index in [1.807, 2.05) is 0 Å². The molecule has 0 heterocycles. The lowest BCUT2D eigenvalue weighted by atomic mass is 9.79. The van der Waals surface area contributed by atoms with Gasteiger partial charge in [-0.1, -0.05) is 6.92 Å². The Kier molecular flexibility index (Phi) is 5.61. The minimum Gasteiger partial charge on any atom is -0.364 e. The molecule has 0 spiro atoms. The molecule has 1 aliphatic carbocycles. The predicted octanol–water partition coefficient (Wildman–Crippen LogP) is 1.59. The van der Waals surface area contributed by atoms with Gasteiger partial charge in [0.25, 0.3) is 0 Å². The van der Waals surface area contributed by atoms with Crippen LogP contribution in [-0.2, 0) is 9.53 Å². The normalized spacial score (nSPS) is 28.2. The molecule has 0 radical (unpaired) electrons. The second-order valence-corrected chi connectivity index (χ2v) is 5.25. The van der Waals surface area contributed by atoms with Gasteiger partial charge in [0, 0.05) is 6.54 Å². The molecule has 4 nitrogen and oxygen atoms in total. The third kappa shape index (κ3) is 5.78. The molecule has 1 saturated carbocycles. The fourth-order valence-electron chi connectivity index (χ4n) is 2.16. The third-order valence-corrected chi connectivity index (χ3v) is 3.55. The highest BCUT2D eigenvalue weighted by atomic mass is 19.4. The molecule has 0 aromatic rings. The SMILES string of the molecule is CC1CCC(CN)(OCC(=O)NCC(F)(F)F)CC1. The number of carbonyl (C=O) groups excluding carboxylic acids is 1. The van der Waals surface area contributed by atoms with Crippen LogP contribution in [0.5, 0.6) is 0 Å². The largest absolute Gasteiger partial charge is 0.405 e. The number of hydrogen-bond acceptors (Lipinski definition) is 3. The highest BCUT2D eigenvalue weighted by molar-refractivity contribution is 5.77. The highest BCUT2D eigenvalue weighted by Crippen LogP contribution is 2.33. The van der Waals surface area contributed by atoms with E-state index >= 15 is 0 Å². The van der Waals surface area contributed by atoms with Crippen LogP contribution in [0.15, 0.2) is 0 Å². The molecule has 0 aromatic heterocycles. The summed E-state index contributed by atoms with van der Waals surface area (Å²) in [6.07, 6.45) is -0.987. The molecule has 0 atom stereocenters. The molecular weight excluding hydrogens is 261 g/mol. The minimum absolute atomic E-state index is 0.284. The van der Waals surface area contributed by atoms with Crippen molar-refractivity contribution in [1.29, 1.82) is 0 Å². The Hall–Kier alpha value is -0.820. The molecule has 1 fully saturated rings. The van der Waals surface area contributed by atoms with Crippen molar-refractivity contribution in [2.75, 3.05) is 19.7 Å². The number of amides is 1. The van der Waals surface area contributed by atoms with E-state index in [9.17, 15) is 18.0 Å². The topological polar surface area (TPSA) is 64.3 Å². The average molecular weight is 282 g/mol. The molecule has 1 amide bonds. The van der Waals surface area contributed by atoms with Gasteiger partial charge in [-0.25, -0.2) is 0 Å². The summed E-state index contributed by atoms with van der Waals surface area (Å²) in [6.45, 7) is 0.715. The first kappa shape index (κ1) is 16.2. The maximum Gasteiger partial charge on any atom is 0.405 e. The van der Waals surface area contributed by atoms with Gasteiger partial charge in [-0.2, -0.15) is 13.2 Å². The Balaban J connectivity index is 2.35. The lowest BCUT2D eigenvalue weighted by Gasteiger charge is -2.38. The van der Waals surface area contributed by atoms with E-state index in [2.05, 4.69) is 6.92 Å². The van der Waals surface area contributed by atoms with Crippen LogP contribution in [-0.4, -0.2) is 37.4 Å². The van der Waals surface area contributed by atoms with Gasteiger partial charge in [-0.15, -0.1) is 0 Å². The van der Waals surface area contributed by atoms with Crippen molar-refractivity contribution in [2.45, 2.75) is 44.4 Å². The molecular formula is C12H21F3N2O2. The van der Waals surface area contributed by atoms with Gasteiger partial charge in [0.15, 0.2) is 0 Å². The number of halogens is 3. The third-order valence-electron chi connectivity index (χ3n) is 3.55. The summed E-state index contributed by atoms with van der Waals surface area (Å²) < 4.78 is 41.3. The van der Waals surface area contributed by atoms with Crippen molar-refractivity contribution in [2.24, 2.45) is 11.7 Å². The first-order valence-corrected chi connectivity index (χ1v) is 6.44. The number of ether oxygens (including phenoxy) is 1. The van der Waals surface area contributed by atoms with Gasteiger partial charge in [0.2, 0.25) is 5.91 Å². The zero-order valence-electron chi connectivity index (χ0n) is 11.1. The first-order valence-electron chi connectivity index (χ1n) is 6.44. The van der Waals surface area contributed by atoms with Crippen molar-refractivity contribution >= 4 is 5.91 Å². The van der Waals surface area contributed by atoms with E-state index in [0.717, 1.165) is 25.7 Å². The quantitative estimate of drug-likeness (QED) is 0.805. The fourth-order valence-corrected chi connectivity index (χ4v) is 2.16. The van der Waals surface area contributed by atoms with E-state index in [1.165, 1.54) is 0 Å². The van der Waals surface area contributed by atoms with Crippen LogP contribution < -0.4 is 11.1 Å². The van der Waals surface area contributed by atoms with Gasteiger partial charge in [-0.05, 0) is 31.6 Å². The predicted molar refractivity (Wildman–Crippen MR) is 64.4 cm³/mol. The summed E-state index contributed by atoms with van der Waals surface area (Å²) in [5, 5.41) is 1.78. The van der Waals surface area contributed by atoms with Crippen LogP contribution in [0.1, 0.15) is 32.6 Å². The average Bonchev–Trinajstić information content (AvgIpc) is 2.35. The fraction of sp³-hybridized carbons (Fsp3) is 0.917. The van der Waals surface area contributed by atoms with Crippen LogP contribution in [0, 0.1) is 5.92 Å². The van der Waals surface area contributed by atoms with Gasteiger partial charge >= 0.3 is 6.18 Å². The molecule has 112 valence electrons. The summed E-state index contributed by atoms with van der Waals surface area (Å²) in [4.78, 5) is 11.3. The Labute approximate surface area is 110 Å². The van der Waals surface area contributed by atoms with Crippen LogP contribution >= 0.6 is 0 Å². The van der Waals surface area contributed by atoms with Gasteiger partial charge in [-0.3, -0.25) is 4.79 Å². The molecule has 0 saturated heterocycles. The van der Waals surface area contributed by atoms with Crippen molar-refractivity contribution in [3.63, 3.8) is 0 Å². The monoisotopic (exact) mass is 282 g/mol. The first-order chi connectivity index (χ1) is 8.76. The van der Waals surface area contributed by atoms with Crippen LogP contribution in [0.3, 0.4) is 0 Å². The number of alkyl halides is 3. The molecule has 3 N–H and O–H groups in total. The molecule has 0 bridgehead atoms. The number of carbonyl (C=O) groups is 1. The lowest BCUT2D eigenvalue weighted by Crippen LogP contribution is -2.46. The van der Waals surface area contributed by atoms with E-state index in [-0.39, 0.29) is 13.2 Å². The zero-order valence-corrected chi connectivity index (χ0v) is 11.1.